The van der Waals surface area contributed by atoms with Crippen LogP contribution in [0.4, 0.5) is 8.78 Å². The minimum atomic E-state index is -2.79. The second kappa shape index (κ2) is 5.39. The standard InChI is InChI=1S/C12H11F2NO2/c1-3-7-4-5-8(11(13)14)9(6-15)10(7)12(16)17-2/h4-5,11H,3H2,1-2H3. The Kier molecular flexibility index (Phi) is 4.16. The van der Waals surface area contributed by atoms with E-state index in [0.717, 1.165) is 7.11 Å². The average molecular weight is 239 g/mol. The van der Waals surface area contributed by atoms with Crippen molar-refractivity contribution in [1.29, 1.82) is 5.26 Å². The molecule has 0 aliphatic carbocycles. The van der Waals surface area contributed by atoms with Gasteiger partial charge in [-0.05, 0) is 12.0 Å². The number of hydrogen-bond acceptors (Lipinski definition) is 3. The Morgan fingerprint density at radius 1 is 1.53 bits per heavy atom. The third kappa shape index (κ3) is 2.41. The van der Waals surface area contributed by atoms with Crippen molar-refractivity contribution in [2.75, 3.05) is 7.11 Å². The molecule has 3 nitrogen and oxygen atoms in total. The van der Waals surface area contributed by atoms with E-state index in [9.17, 15) is 13.6 Å². The van der Waals surface area contributed by atoms with Gasteiger partial charge in [-0.2, -0.15) is 5.26 Å². The van der Waals surface area contributed by atoms with Crippen LogP contribution in [0.5, 0.6) is 0 Å². The van der Waals surface area contributed by atoms with Crippen molar-refractivity contribution in [2.24, 2.45) is 0 Å². The summed E-state index contributed by atoms with van der Waals surface area (Å²) in [5.41, 5.74) is -0.274. The van der Waals surface area contributed by atoms with Gasteiger partial charge >= 0.3 is 5.97 Å². The molecule has 0 saturated carbocycles. The predicted octanol–water partition coefficient (Wildman–Crippen LogP) is 2.84. The number of carbonyl (C=O) groups is 1. The molecule has 0 bridgehead atoms. The average Bonchev–Trinajstić information content (AvgIpc) is 2.35. The summed E-state index contributed by atoms with van der Waals surface area (Å²) in [6, 6.07) is 4.25. The Morgan fingerprint density at radius 2 is 2.18 bits per heavy atom. The van der Waals surface area contributed by atoms with Gasteiger partial charge in [0.2, 0.25) is 0 Å². The van der Waals surface area contributed by atoms with Crippen LogP contribution in [0.25, 0.3) is 0 Å². The van der Waals surface area contributed by atoms with Crippen molar-refractivity contribution in [3.63, 3.8) is 0 Å². The van der Waals surface area contributed by atoms with Crippen molar-refractivity contribution in [3.8, 4) is 6.07 Å². The van der Waals surface area contributed by atoms with Crippen LogP contribution in [0, 0.1) is 11.3 Å². The zero-order valence-corrected chi connectivity index (χ0v) is 9.46. The predicted molar refractivity (Wildman–Crippen MR) is 56.8 cm³/mol. The summed E-state index contributed by atoms with van der Waals surface area (Å²) < 4.78 is 29.9. The summed E-state index contributed by atoms with van der Waals surface area (Å²) in [5.74, 6) is -0.763. The highest BCUT2D eigenvalue weighted by atomic mass is 19.3. The van der Waals surface area contributed by atoms with Gasteiger partial charge in [-0.25, -0.2) is 13.6 Å². The monoisotopic (exact) mass is 239 g/mol. The van der Waals surface area contributed by atoms with Crippen LogP contribution in [0.1, 0.15) is 40.4 Å². The summed E-state index contributed by atoms with van der Waals surface area (Å²) >= 11 is 0. The molecule has 0 atom stereocenters. The van der Waals surface area contributed by atoms with Gasteiger partial charge in [0.15, 0.2) is 0 Å². The SMILES string of the molecule is CCc1ccc(C(F)F)c(C#N)c1C(=O)OC. The molecule has 1 aromatic carbocycles. The number of ether oxygens (including phenoxy) is 1. The maximum Gasteiger partial charge on any atom is 0.339 e. The minimum absolute atomic E-state index is 0.0599. The first kappa shape index (κ1) is 13.1. The maximum absolute atomic E-state index is 12.7. The molecule has 0 saturated heterocycles. The number of carbonyl (C=O) groups excluding carboxylic acids is 1. The molecule has 0 aliphatic rings. The fourth-order valence-electron chi connectivity index (χ4n) is 1.59. The van der Waals surface area contributed by atoms with Gasteiger partial charge in [0.25, 0.3) is 6.43 Å². The lowest BCUT2D eigenvalue weighted by atomic mass is 9.95. The maximum atomic E-state index is 12.7. The first-order chi connectivity index (χ1) is 8.06. The number of alkyl halides is 2. The molecule has 0 radical (unpaired) electrons. The highest BCUT2D eigenvalue weighted by Crippen LogP contribution is 2.28. The molecule has 0 N–H and O–H groups in total. The van der Waals surface area contributed by atoms with Crippen LogP contribution in [0.3, 0.4) is 0 Å². The van der Waals surface area contributed by atoms with Crippen molar-refractivity contribution < 1.29 is 18.3 Å². The highest BCUT2D eigenvalue weighted by Gasteiger charge is 2.23. The Labute approximate surface area is 97.6 Å². The Balaban J connectivity index is 3.56. The van der Waals surface area contributed by atoms with Crippen molar-refractivity contribution in [3.05, 3.63) is 34.4 Å². The van der Waals surface area contributed by atoms with E-state index in [1.165, 1.54) is 12.1 Å². The van der Waals surface area contributed by atoms with Gasteiger partial charge in [-0.15, -0.1) is 0 Å². The van der Waals surface area contributed by atoms with Crippen LogP contribution in [-0.2, 0) is 11.2 Å². The number of rotatable bonds is 3. The summed E-state index contributed by atoms with van der Waals surface area (Å²) in [6.07, 6.45) is -2.33. The zero-order valence-electron chi connectivity index (χ0n) is 9.46. The van der Waals surface area contributed by atoms with Crippen LogP contribution < -0.4 is 0 Å². The number of hydrogen-bond donors (Lipinski definition) is 0. The molecule has 0 amide bonds. The van der Waals surface area contributed by atoms with Gasteiger partial charge in [-0.1, -0.05) is 19.1 Å². The van der Waals surface area contributed by atoms with Crippen LogP contribution >= 0.6 is 0 Å². The normalized spacial score (nSPS) is 10.1. The molecule has 0 fully saturated rings. The molecule has 90 valence electrons. The molecular formula is C12H11F2NO2. The quantitative estimate of drug-likeness (QED) is 0.762. The number of esters is 1. The van der Waals surface area contributed by atoms with E-state index in [1.54, 1.807) is 13.0 Å². The molecule has 0 spiro atoms. The molecule has 0 heterocycles. The number of aryl methyl sites for hydroxylation is 1. The first-order valence-corrected chi connectivity index (χ1v) is 4.99. The number of benzene rings is 1. The van der Waals surface area contributed by atoms with Gasteiger partial charge in [0, 0.05) is 5.56 Å². The summed E-state index contributed by atoms with van der Waals surface area (Å²) in [4.78, 5) is 11.5. The van der Waals surface area contributed by atoms with E-state index in [1.807, 2.05) is 0 Å². The molecule has 1 aromatic rings. The van der Waals surface area contributed by atoms with E-state index in [0.29, 0.717) is 12.0 Å². The van der Waals surface area contributed by atoms with Gasteiger partial charge < -0.3 is 4.74 Å². The lowest BCUT2D eigenvalue weighted by molar-refractivity contribution is 0.0598. The fourth-order valence-corrected chi connectivity index (χ4v) is 1.59. The van der Waals surface area contributed by atoms with E-state index >= 15 is 0 Å². The largest absolute Gasteiger partial charge is 0.465 e. The number of methoxy groups -OCH3 is 1. The summed E-state index contributed by atoms with van der Waals surface area (Å²) in [6.45, 7) is 1.77. The number of nitriles is 1. The fraction of sp³-hybridized carbons (Fsp3) is 0.333. The van der Waals surface area contributed by atoms with Gasteiger partial charge in [0.05, 0.1) is 18.2 Å². The van der Waals surface area contributed by atoms with Crippen molar-refractivity contribution in [1.82, 2.24) is 0 Å². The highest BCUT2D eigenvalue weighted by molar-refractivity contribution is 5.94. The van der Waals surface area contributed by atoms with E-state index in [2.05, 4.69) is 4.74 Å². The molecule has 1 rings (SSSR count). The van der Waals surface area contributed by atoms with E-state index in [4.69, 9.17) is 5.26 Å². The molecule has 5 heteroatoms. The summed E-state index contributed by atoms with van der Waals surface area (Å²) in [7, 11) is 1.15. The van der Waals surface area contributed by atoms with Crippen LogP contribution in [0.2, 0.25) is 0 Å². The molecule has 0 aliphatic heterocycles. The third-order valence-corrected chi connectivity index (χ3v) is 2.44. The lowest BCUT2D eigenvalue weighted by Gasteiger charge is -2.11. The second-order valence-electron chi connectivity index (χ2n) is 3.32. The molecule has 17 heavy (non-hydrogen) atoms. The molecule has 0 aromatic heterocycles. The van der Waals surface area contributed by atoms with E-state index in [-0.39, 0.29) is 11.1 Å². The number of nitrogens with zero attached hydrogens (tertiary/aromatic N) is 1. The zero-order chi connectivity index (χ0) is 13.0. The van der Waals surface area contributed by atoms with Gasteiger partial charge in [0.1, 0.15) is 6.07 Å². The molecule has 0 unspecified atom stereocenters. The Bertz CT molecular complexity index is 478. The van der Waals surface area contributed by atoms with Crippen molar-refractivity contribution >= 4 is 5.97 Å². The van der Waals surface area contributed by atoms with Crippen LogP contribution in [0.15, 0.2) is 12.1 Å². The Hall–Kier alpha value is -1.96. The minimum Gasteiger partial charge on any atom is -0.465 e. The van der Waals surface area contributed by atoms with Gasteiger partial charge in [-0.3, -0.25) is 0 Å². The Morgan fingerprint density at radius 3 is 2.59 bits per heavy atom. The van der Waals surface area contributed by atoms with E-state index < -0.39 is 18.0 Å². The summed E-state index contributed by atoms with van der Waals surface area (Å²) in [5, 5.41) is 8.92. The van der Waals surface area contributed by atoms with Crippen LogP contribution in [-0.4, -0.2) is 13.1 Å². The topological polar surface area (TPSA) is 50.1 Å². The molecular weight excluding hydrogens is 228 g/mol. The third-order valence-electron chi connectivity index (χ3n) is 2.44. The smallest absolute Gasteiger partial charge is 0.339 e. The lowest BCUT2D eigenvalue weighted by Crippen LogP contribution is -2.10. The second-order valence-corrected chi connectivity index (χ2v) is 3.32. The van der Waals surface area contributed by atoms with Crippen molar-refractivity contribution in [2.45, 2.75) is 19.8 Å². The first-order valence-electron chi connectivity index (χ1n) is 4.99. The number of halogens is 2.